The lowest BCUT2D eigenvalue weighted by Gasteiger charge is -2.30. The SMILES string of the molecule is O=CN[C@H](NC(=S)N1CCCCCC1)C(Cl)(Cl)Cl. The zero-order chi connectivity index (χ0) is 13.6. The van der Waals surface area contributed by atoms with Crippen LogP contribution in [0.2, 0.25) is 0 Å². The lowest BCUT2D eigenvalue weighted by atomic mass is 10.2. The van der Waals surface area contributed by atoms with E-state index in [4.69, 9.17) is 47.0 Å². The predicted molar refractivity (Wildman–Crippen MR) is 79.1 cm³/mol. The van der Waals surface area contributed by atoms with Gasteiger partial charge in [-0.3, -0.25) is 4.79 Å². The van der Waals surface area contributed by atoms with Crippen molar-refractivity contribution >= 4 is 58.5 Å². The minimum atomic E-state index is -1.66. The Morgan fingerprint density at radius 3 is 2.22 bits per heavy atom. The number of carbonyl (C=O) groups excluding carboxylic acids is 1. The maximum absolute atomic E-state index is 10.5. The zero-order valence-electron chi connectivity index (χ0n) is 9.79. The highest BCUT2D eigenvalue weighted by atomic mass is 35.6. The van der Waals surface area contributed by atoms with Crippen LogP contribution in [0.3, 0.4) is 0 Å². The van der Waals surface area contributed by atoms with Crippen molar-refractivity contribution < 1.29 is 4.79 Å². The van der Waals surface area contributed by atoms with Gasteiger partial charge in [-0.2, -0.15) is 0 Å². The Labute approximate surface area is 127 Å². The Bertz CT molecular complexity index is 291. The average molecular weight is 333 g/mol. The van der Waals surface area contributed by atoms with Gasteiger partial charge in [-0.15, -0.1) is 0 Å². The number of hydrogen-bond acceptors (Lipinski definition) is 2. The number of carbonyl (C=O) groups is 1. The molecule has 1 atom stereocenters. The van der Waals surface area contributed by atoms with Crippen LogP contribution in [0.25, 0.3) is 0 Å². The molecule has 1 aliphatic rings. The van der Waals surface area contributed by atoms with Crippen molar-refractivity contribution in [1.29, 1.82) is 0 Å². The number of halogens is 3. The minimum absolute atomic E-state index is 0.477. The number of amides is 1. The highest BCUT2D eigenvalue weighted by Crippen LogP contribution is 2.29. The lowest BCUT2D eigenvalue weighted by Crippen LogP contribution is -2.56. The average Bonchev–Trinajstić information content (AvgIpc) is 2.55. The van der Waals surface area contributed by atoms with E-state index in [9.17, 15) is 4.79 Å². The molecule has 1 fully saturated rings. The van der Waals surface area contributed by atoms with Crippen LogP contribution in [0.4, 0.5) is 0 Å². The van der Waals surface area contributed by atoms with Crippen molar-refractivity contribution in [2.75, 3.05) is 13.1 Å². The molecule has 1 rings (SSSR count). The molecular weight excluding hydrogens is 317 g/mol. The first-order valence-electron chi connectivity index (χ1n) is 5.77. The molecule has 0 aromatic heterocycles. The molecule has 0 saturated carbocycles. The van der Waals surface area contributed by atoms with Crippen LogP contribution >= 0.6 is 47.0 Å². The number of nitrogens with one attached hydrogen (secondary N) is 2. The molecule has 2 N–H and O–H groups in total. The van der Waals surface area contributed by atoms with E-state index in [0.717, 1.165) is 25.9 Å². The number of thiocarbonyl (C=S) groups is 1. The quantitative estimate of drug-likeness (QED) is 0.360. The molecule has 104 valence electrons. The smallest absolute Gasteiger partial charge is 0.228 e. The number of alkyl halides is 3. The molecule has 0 aromatic rings. The van der Waals surface area contributed by atoms with Gasteiger partial charge in [0.1, 0.15) is 6.17 Å². The fourth-order valence-corrected chi connectivity index (χ4v) is 2.43. The zero-order valence-corrected chi connectivity index (χ0v) is 12.9. The Kier molecular flexibility index (Phi) is 6.77. The van der Waals surface area contributed by atoms with Crippen molar-refractivity contribution in [3.63, 3.8) is 0 Å². The van der Waals surface area contributed by atoms with E-state index in [2.05, 4.69) is 10.6 Å². The van der Waals surface area contributed by atoms with E-state index in [0.29, 0.717) is 11.5 Å². The van der Waals surface area contributed by atoms with Gasteiger partial charge in [0.2, 0.25) is 10.2 Å². The van der Waals surface area contributed by atoms with Gasteiger partial charge in [0.15, 0.2) is 5.11 Å². The summed E-state index contributed by atoms with van der Waals surface area (Å²) in [5, 5.41) is 5.78. The standard InChI is InChI=1S/C10H16Cl3N3OS/c11-10(12,13)8(14-7-17)15-9(18)16-5-3-1-2-4-6-16/h7-8H,1-6H2,(H,14,17)(H,15,18)/t8-/m1/s1. The molecule has 0 spiro atoms. The van der Waals surface area contributed by atoms with Gasteiger partial charge in [-0.25, -0.2) is 0 Å². The monoisotopic (exact) mass is 331 g/mol. The lowest BCUT2D eigenvalue weighted by molar-refractivity contribution is -0.110. The third kappa shape index (κ3) is 5.34. The summed E-state index contributed by atoms with van der Waals surface area (Å²) in [6, 6.07) is 0. The van der Waals surface area contributed by atoms with Crippen molar-refractivity contribution in [3.05, 3.63) is 0 Å². The predicted octanol–water partition coefficient (Wildman–Crippen LogP) is 2.18. The van der Waals surface area contributed by atoms with Gasteiger partial charge in [-0.05, 0) is 25.1 Å². The molecule has 1 aliphatic heterocycles. The Hall–Kier alpha value is 0.0300. The largest absolute Gasteiger partial charge is 0.349 e. The number of rotatable bonds is 3. The van der Waals surface area contributed by atoms with E-state index >= 15 is 0 Å². The van der Waals surface area contributed by atoms with Crippen molar-refractivity contribution in [2.24, 2.45) is 0 Å². The van der Waals surface area contributed by atoms with Gasteiger partial charge < -0.3 is 15.5 Å². The molecule has 1 saturated heterocycles. The third-order valence-corrected chi connectivity index (χ3v) is 3.75. The second-order valence-electron chi connectivity index (χ2n) is 4.11. The van der Waals surface area contributed by atoms with Crippen LogP contribution < -0.4 is 10.6 Å². The van der Waals surface area contributed by atoms with Gasteiger partial charge in [-0.1, -0.05) is 47.6 Å². The van der Waals surface area contributed by atoms with E-state index in [1.54, 1.807) is 0 Å². The number of hydrogen-bond donors (Lipinski definition) is 2. The Morgan fingerprint density at radius 2 is 1.78 bits per heavy atom. The molecular formula is C10H16Cl3N3OS. The fourth-order valence-electron chi connectivity index (χ4n) is 1.77. The van der Waals surface area contributed by atoms with Crippen LogP contribution in [0.5, 0.6) is 0 Å². The van der Waals surface area contributed by atoms with Gasteiger partial charge in [0, 0.05) is 13.1 Å². The molecule has 8 heteroatoms. The molecule has 0 aromatic carbocycles. The van der Waals surface area contributed by atoms with Crippen LogP contribution in [-0.4, -0.2) is 39.5 Å². The van der Waals surface area contributed by atoms with E-state index in [-0.39, 0.29) is 0 Å². The third-order valence-electron chi connectivity index (χ3n) is 2.72. The summed E-state index contributed by atoms with van der Waals surface area (Å²) in [4.78, 5) is 12.5. The van der Waals surface area contributed by atoms with E-state index < -0.39 is 9.96 Å². The number of likely N-dealkylation sites (tertiary alicyclic amines) is 1. The van der Waals surface area contributed by atoms with Gasteiger partial charge in [0.05, 0.1) is 0 Å². The Morgan fingerprint density at radius 1 is 1.22 bits per heavy atom. The van der Waals surface area contributed by atoms with Gasteiger partial charge in [0.25, 0.3) is 0 Å². The van der Waals surface area contributed by atoms with E-state index in [1.165, 1.54) is 12.8 Å². The highest BCUT2D eigenvalue weighted by Gasteiger charge is 2.33. The van der Waals surface area contributed by atoms with Crippen LogP contribution in [-0.2, 0) is 4.79 Å². The molecule has 0 radical (unpaired) electrons. The van der Waals surface area contributed by atoms with E-state index in [1.807, 2.05) is 4.90 Å². The van der Waals surface area contributed by atoms with Crippen molar-refractivity contribution in [3.8, 4) is 0 Å². The highest BCUT2D eigenvalue weighted by molar-refractivity contribution is 7.80. The molecule has 0 aliphatic carbocycles. The normalized spacial score (nSPS) is 18.7. The summed E-state index contributed by atoms with van der Waals surface area (Å²) in [7, 11) is 0. The molecule has 1 heterocycles. The first kappa shape index (κ1) is 16.1. The summed E-state index contributed by atoms with van der Waals surface area (Å²) in [5.74, 6) is 0. The van der Waals surface area contributed by atoms with Crippen molar-refractivity contribution in [1.82, 2.24) is 15.5 Å². The Balaban J connectivity index is 2.56. The molecule has 0 unspecified atom stereocenters. The summed E-state index contributed by atoms with van der Waals surface area (Å²) in [6.45, 7) is 1.78. The summed E-state index contributed by atoms with van der Waals surface area (Å²) in [6.07, 6.45) is 4.25. The minimum Gasteiger partial charge on any atom is -0.349 e. The number of nitrogens with zero attached hydrogens (tertiary/aromatic N) is 1. The fraction of sp³-hybridized carbons (Fsp3) is 0.800. The molecule has 18 heavy (non-hydrogen) atoms. The van der Waals surface area contributed by atoms with Crippen LogP contribution in [0, 0.1) is 0 Å². The maximum Gasteiger partial charge on any atom is 0.228 e. The summed E-state index contributed by atoms with van der Waals surface area (Å²) < 4.78 is -1.66. The second kappa shape index (κ2) is 7.58. The van der Waals surface area contributed by atoms with Crippen LogP contribution in [0.15, 0.2) is 0 Å². The summed E-state index contributed by atoms with van der Waals surface area (Å²) >= 11 is 22.6. The van der Waals surface area contributed by atoms with Gasteiger partial charge >= 0.3 is 0 Å². The first-order valence-corrected chi connectivity index (χ1v) is 7.31. The first-order chi connectivity index (χ1) is 8.45. The topological polar surface area (TPSA) is 44.4 Å². The van der Waals surface area contributed by atoms with Crippen molar-refractivity contribution in [2.45, 2.75) is 35.6 Å². The maximum atomic E-state index is 10.5. The second-order valence-corrected chi connectivity index (χ2v) is 6.87. The molecule has 4 nitrogen and oxygen atoms in total. The summed E-state index contributed by atoms with van der Waals surface area (Å²) in [5.41, 5.74) is 0. The van der Waals surface area contributed by atoms with Crippen LogP contribution in [0.1, 0.15) is 25.7 Å². The molecule has 0 bridgehead atoms. The molecule has 1 amide bonds.